The zero-order valence-corrected chi connectivity index (χ0v) is 16.4. The van der Waals surface area contributed by atoms with Crippen molar-refractivity contribution in [2.24, 2.45) is 5.10 Å². The molecule has 0 aliphatic heterocycles. The number of aryl methyl sites for hydroxylation is 2. The minimum atomic E-state index is -0.130. The van der Waals surface area contributed by atoms with Crippen LogP contribution in [0.3, 0.4) is 0 Å². The van der Waals surface area contributed by atoms with Gasteiger partial charge in [-0.15, -0.1) is 0 Å². The summed E-state index contributed by atoms with van der Waals surface area (Å²) in [5.74, 6) is 1.07. The number of carbonyl (C=O) groups is 1. The van der Waals surface area contributed by atoms with Crippen LogP contribution >= 0.6 is 0 Å². The van der Waals surface area contributed by atoms with Crippen LogP contribution in [-0.2, 0) is 4.79 Å². The topological polar surface area (TPSA) is 79.3 Å². The summed E-state index contributed by atoms with van der Waals surface area (Å²) in [4.78, 5) is 20.4. The Balaban J connectivity index is 1.89. The largest absolute Gasteiger partial charge is 0.326 e. The van der Waals surface area contributed by atoms with Crippen LogP contribution in [-0.4, -0.2) is 21.6 Å². The van der Waals surface area contributed by atoms with Gasteiger partial charge in [-0.2, -0.15) is 5.10 Å². The van der Waals surface area contributed by atoms with Gasteiger partial charge in [0.15, 0.2) is 5.82 Å². The van der Waals surface area contributed by atoms with E-state index in [1.165, 1.54) is 12.5 Å². The molecule has 0 unspecified atom stereocenters. The van der Waals surface area contributed by atoms with Gasteiger partial charge in [0.2, 0.25) is 5.91 Å². The summed E-state index contributed by atoms with van der Waals surface area (Å²) in [5.41, 5.74) is 8.37. The molecule has 28 heavy (non-hydrogen) atoms. The summed E-state index contributed by atoms with van der Waals surface area (Å²) < 4.78 is 0. The Hall–Kier alpha value is -3.54. The van der Waals surface area contributed by atoms with Crippen molar-refractivity contribution < 1.29 is 4.79 Å². The lowest BCUT2D eigenvalue weighted by molar-refractivity contribution is -0.114. The van der Waals surface area contributed by atoms with Gasteiger partial charge in [-0.3, -0.25) is 10.2 Å². The number of para-hydroxylation sites is 1. The van der Waals surface area contributed by atoms with E-state index in [0.717, 1.165) is 16.8 Å². The first kappa shape index (κ1) is 19.2. The molecule has 6 nitrogen and oxygen atoms in total. The minimum absolute atomic E-state index is 0.130. The Morgan fingerprint density at radius 1 is 0.964 bits per heavy atom. The van der Waals surface area contributed by atoms with E-state index in [0.29, 0.717) is 23.0 Å². The third-order valence-corrected chi connectivity index (χ3v) is 4.16. The molecule has 0 bridgehead atoms. The molecule has 0 fully saturated rings. The smallest absolute Gasteiger partial charge is 0.221 e. The van der Waals surface area contributed by atoms with E-state index in [1.807, 2.05) is 56.3 Å². The second-order valence-corrected chi connectivity index (χ2v) is 6.59. The Bertz CT molecular complexity index is 1030. The summed E-state index contributed by atoms with van der Waals surface area (Å²) in [5, 5.41) is 7.29. The molecule has 3 aromatic rings. The first-order valence-electron chi connectivity index (χ1n) is 9.02. The molecular weight excluding hydrogens is 350 g/mol. The fraction of sp³-hybridized carbons (Fsp3) is 0.182. The van der Waals surface area contributed by atoms with Crippen molar-refractivity contribution in [1.29, 1.82) is 0 Å². The van der Waals surface area contributed by atoms with Crippen molar-refractivity contribution in [2.45, 2.75) is 27.7 Å². The number of aromatic nitrogens is 2. The minimum Gasteiger partial charge on any atom is -0.326 e. The number of rotatable bonds is 5. The van der Waals surface area contributed by atoms with E-state index in [9.17, 15) is 4.79 Å². The van der Waals surface area contributed by atoms with Crippen LogP contribution in [0, 0.1) is 13.8 Å². The maximum atomic E-state index is 11.5. The van der Waals surface area contributed by atoms with Gasteiger partial charge in [0, 0.05) is 18.6 Å². The molecule has 142 valence electrons. The Morgan fingerprint density at radius 3 is 2.39 bits per heavy atom. The van der Waals surface area contributed by atoms with Crippen molar-refractivity contribution in [3.8, 4) is 11.3 Å². The third-order valence-electron chi connectivity index (χ3n) is 4.16. The van der Waals surface area contributed by atoms with Gasteiger partial charge in [0.1, 0.15) is 5.82 Å². The zero-order valence-electron chi connectivity index (χ0n) is 16.4. The Morgan fingerprint density at radius 2 is 1.68 bits per heavy atom. The summed E-state index contributed by atoms with van der Waals surface area (Å²) in [6.45, 7) is 7.31. The first-order chi connectivity index (χ1) is 13.4. The maximum absolute atomic E-state index is 11.5. The lowest BCUT2D eigenvalue weighted by atomic mass is 10.1. The number of benzene rings is 2. The summed E-state index contributed by atoms with van der Waals surface area (Å²) in [7, 11) is 0. The van der Waals surface area contributed by atoms with Crippen LogP contribution in [0.25, 0.3) is 11.3 Å². The molecule has 2 aromatic carbocycles. The van der Waals surface area contributed by atoms with E-state index >= 15 is 0 Å². The lowest BCUT2D eigenvalue weighted by Gasteiger charge is -2.11. The maximum Gasteiger partial charge on any atom is 0.221 e. The molecule has 3 rings (SSSR count). The van der Waals surface area contributed by atoms with Gasteiger partial charge >= 0.3 is 0 Å². The highest BCUT2D eigenvalue weighted by Crippen LogP contribution is 2.27. The van der Waals surface area contributed by atoms with Gasteiger partial charge in [-0.05, 0) is 32.4 Å². The van der Waals surface area contributed by atoms with Crippen molar-refractivity contribution >= 4 is 23.1 Å². The van der Waals surface area contributed by atoms with Crippen LogP contribution in [0.5, 0.6) is 0 Å². The molecule has 0 saturated heterocycles. The molecular formula is C22H23N5O. The normalized spacial score (nSPS) is 11.2. The second kappa shape index (κ2) is 8.43. The van der Waals surface area contributed by atoms with E-state index < -0.39 is 0 Å². The number of anilines is 2. The lowest BCUT2D eigenvalue weighted by Crippen LogP contribution is -2.07. The zero-order chi connectivity index (χ0) is 20.1. The average Bonchev–Trinajstić information content (AvgIpc) is 2.66. The molecule has 1 amide bonds. The van der Waals surface area contributed by atoms with Gasteiger partial charge < -0.3 is 5.32 Å². The molecule has 0 aliphatic rings. The number of carbonyl (C=O) groups excluding carboxylic acids is 1. The van der Waals surface area contributed by atoms with Crippen LogP contribution in [0.1, 0.15) is 30.8 Å². The van der Waals surface area contributed by atoms with Crippen LogP contribution in [0.2, 0.25) is 0 Å². The molecule has 1 heterocycles. The number of hydrogen-bond donors (Lipinski definition) is 2. The molecule has 0 atom stereocenters. The van der Waals surface area contributed by atoms with Crippen LogP contribution in [0.15, 0.2) is 59.7 Å². The summed E-state index contributed by atoms with van der Waals surface area (Å²) in [6.07, 6.45) is 0. The Labute approximate surface area is 164 Å². The molecule has 0 saturated carbocycles. The fourth-order valence-corrected chi connectivity index (χ4v) is 2.77. The first-order valence-corrected chi connectivity index (χ1v) is 9.02. The highest BCUT2D eigenvalue weighted by molar-refractivity contribution is 5.99. The van der Waals surface area contributed by atoms with Gasteiger partial charge in [0.25, 0.3) is 0 Å². The van der Waals surface area contributed by atoms with Crippen molar-refractivity contribution in [2.75, 3.05) is 10.7 Å². The molecule has 6 heteroatoms. The summed E-state index contributed by atoms with van der Waals surface area (Å²) in [6, 6.07) is 17.5. The number of nitrogens with one attached hydrogen (secondary N) is 2. The quantitative estimate of drug-likeness (QED) is 0.508. The van der Waals surface area contributed by atoms with Crippen molar-refractivity contribution in [3.05, 3.63) is 71.5 Å². The number of hydrogen-bond acceptors (Lipinski definition) is 5. The van der Waals surface area contributed by atoms with Gasteiger partial charge in [0.05, 0.1) is 17.1 Å². The molecule has 0 radical (unpaired) electrons. The second-order valence-electron chi connectivity index (χ2n) is 6.59. The number of nitrogens with zero attached hydrogens (tertiary/aromatic N) is 3. The fourth-order valence-electron chi connectivity index (χ4n) is 2.77. The highest BCUT2D eigenvalue weighted by Gasteiger charge is 2.10. The van der Waals surface area contributed by atoms with E-state index in [1.54, 1.807) is 0 Å². The number of amides is 1. The molecule has 0 aliphatic carbocycles. The molecule has 0 spiro atoms. The van der Waals surface area contributed by atoms with Crippen LogP contribution in [0.4, 0.5) is 11.5 Å². The average molecular weight is 373 g/mol. The SMILES string of the molecule is CC(=O)Nc1ccccc1-c1cc(NN=C(C)c2ccc(C)cc2)nc(C)n1. The number of hydrazone groups is 1. The van der Waals surface area contributed by atoms with E-state index in [4.69, 9.17) is 0 Å². The van der Waals surface area contributed by atoms with E-state index in [-0.39, 0.29) is 5.91 Å². The summed E-state index contributed by atoms with van der Waals surface area (Å²) >= 11 is 0. The highest BCUT2D eigenvalue weighted by atomic mass is 16.1. The predicted octanol–water partition coefficient (Wildman–Crippen LogP) is 4.55. The molecule has 2 N–H and O–H groups in total. The van der Waals surface area contributed by atoms with Crippen molar-refractivity contribution in [3.63, 3.8) is 0 Å². The standard InChI is InChI=1S/C22H23N5O/c1-14-9-11-18(12-10-14)15(2)26-27-22-13-21(23-16(3)24-22)19-7-5-6-8-20(19)25-17(4)28/h5-13H,1-4H3,(H,25,28)(H,23,24,27). The van der Waals surface area contributed by atoms with Crippen molar-refractivity contribution in [1.82, 2.24) is 9.97 Å². The van der Waals surface area contributed by atoms with E-state index in [2.05, 4.69) is 44.9 Å². The van der Waals surface area contributed by atoms with Gasteiger partial charge in [-0.25, -0.2) is 9.97 Å². The van der Waals surface area contributed by atoms with Crippen LogP contribution < -0.4 is 10.7 Å². The predicted molar refractivity (Wildman–Crippen MR) is 114 cm³/mol. The molecule has 1 aromatic heterocycles. The monoisotopic (exact) mass is 373 g/mol. The Kier molecular flexibility index (Phi) is 5.79. The van der Waals surface area contributed by atoms with Gasteiger partial charge in [-0.1, -0.05) is 48.0 Å². The third kappa shape index (κ3) is 4.79.